The van der Waals surface area contributed by atoms with E-state index in [-0.39, 0.29) is 5.54 Å². The van der Waals surface area contributed by atoms with Crippen LogP contribution in [0.2, 0.25) is 0 Å². The predicted molar refractivity (Wildman–Crippen MR) is 53.6 cm³/mol. The molecule has 0 bridgehead atoms. The SMILES string of the molecule is CC(C)N=C1N(C(C)C)C1(C)C. The Kier molecular flexibility index (Phi) is 2.19. The number of hydrogen-bond donors (Lipinski definition) is 0. The van der Waals surface area contributed by atoms with Gasteiger partial charge >= 0.3 is 0 Å². The van der Waals surface area contributed by atoms with Crippen molar-refractivity contribution in [3.63, 3.8) is 0 Å². The maximum absolute atomic E-state index is 4.59. The van der Waals surface area contributed by atoms with E-state index in [1.54, 1.807) is 0 Å². The molecule has 0 aromatic heterocycles. The summed E-state index contributed by atoms with van der Waals surface area (Å²) in [6.45, 7) is 13.1. The summed E-state index contributed by atoms with van der Waals surface area (Å²) >= 11 is 0. The molecule has 0 N–H and O–H groups in total. The molecule has 1 fully saturated rings. The van der Waals surface area contributed by atoms with Crippen molar-refractivity contribution in [2.75, 3.05) is 0 Å². The third kappa shape index (κ3) is 1.47. The fourth-order valence-electron chi connectivity index (χ4n) is 1.78. The molecule has 0 radical (unpaired) electrons. The van der Waals surface area contributed by atoms with E-state index in [4.69, 9.17) is 0 Å². The first-order valence-electron chi connectivity index (χ1n) is 4.75. The molecular formula is C10H20N2. The molecule has 2 nitrogen and oxygen atoms in total. The Balaban J connectivity index is 2.73. The van der Waals surface area contributed by atoms with Crippen molar-refractivity contribution in [1.29, 1.82) is 0 Å². The van der Waals surface area contributed by atoms with Crippen LogP contribution in [-0.4, -0.2) is 28.4 Å². The van der Waals surface area contributed by atoms with Crippen molar-refractivity contribution in [3.05, 3.63) is 0 Å². The van der Waals surface area contributed by atoms with Gasteiger partial charge in [-0.3, -0.25) is 4.99 Å². The molecule has 0 saturated carbocycles. The molecule has 0 aromatic carbocycles. The van der Waals surface area contributed by atoms with Gasteiger partial charge < -0.3 is 4.90 Å². The smallest absolute Gasteiger partial charge is 0.126 e. The van der Waals surface area contributed by atoms with E-state index < -0.39 is 0 Å². The summed E-state index contributed by atoms with van der Waals surface area (Å²) in [5.74, 6) is 1.27. The molecule has 1 saturated heterocycles. The highest BCUT2D eigenvalue weighted by Gasteiger charge is 2.52. The van der Waals surface area contributed by atoms with E-state index in [1.165, 1.54) is 5.84 Å². The molecule has 0 atom stereocenters. The predicted octanol–water partition coefficient (Wildman–Crippen LogP) is 2.30. The van der Waals surface area contributed by atoms with E-state index in [2.05, 4.69) is 51.4 Å². The molecule has 0 amide bonds. The van der Waals surface area contributed by atoms with Crippen LogP contribution in [0.4, 0.5) is 0 Å². The molecule has 0 spiro atoms. The van der Waals surface area contributed by atoms with Gasteiger partial charge in [0.2, 0.25) is 0 Å². The van der Waals surface area contributed by atoms with Gasteiger partial charge in [-0.1, -0.05) is 0 Å². The Morgan fingerprint density at radius 2 is 1.67 bits per heavy atom. The van der Waals surface area contributed by atoms with Crippen LogP contribution in [-0.2, 0) is 0 Å². The van der Waals surface area contributed by atoms with Gasteiger partial charge in [0, 0.05) is 12.1 Å². The first-order valence-corrected chi connectivity index (χ1v) is 4.75. The standard InChI is InChI=1S/C10H20N2/c1-7(2)11-9-10(5,6)12(9)8(3)4/h7-8H,1-6H3. The summed E-state index contributed by atoms with van der Waals surface area (Å²) in [5, 5.41) is 0. The van der Waals surface area contributed by atoms with Crippen molar-refractivity contribution < 1.29 is 0 Å². The Labute approximate surface area is 75.7 Å². The highest BCUT2D eigenvalue weighted by molar-refractivity contribution is 6.06. The topological polar surface area (TPSA) is 15.4 Å². The van der Waals surface area contributed by atoms with Gasteiger partial charge in [0.25, 0.3) is 0 Å². The average Bonchev–Trinajstić information content (AvgIpc) is 2.32. The van der Waals surface area contributed by atoms with Crippen molar-refractivity contribution in [3.8, 4) is 0 Å². The van der Waals surface area contributed by atoms with Crippen LogP contribution in [0.15, 0.2) is 4.99 Å². The fourth-order valence-corrected chi connectivity index (χ4v) is 1.78. The van der Waals surface area contributed by atoms with Gasteiger partial charge in [0.05, 0.1) is 5.54 Å². The molecule has 12 heavy (non-hydrogen) atoms. The van der Waals surface area contributed by atoms with E-state index in [0.29, 0.717) is 12.1 Å². The highest BCUT2D eigenvalue weighted by atomic mass is 15.4. The van der Waals surface area contributed by atoms with E-state index in [9.17, 15) is 0 Å². The summed E-state index contributed by atoms with van der Waals surface area (Å²) in [7, 11) is 0. The van der Waals surface area contributed by atoms with E-state index >= 15 is 0 Å². The molecule has 1 heterocycles. The summed E-state index contributed by atoms with van der Waals surface area (Å²) in [6, 6.07) is 1.00. The molecule has 0 aliphatic carbocycles. The maximum atomic E-state index is 4.59. The normalized spacial score (nSPS) is 24.3. The van der Waals surface area contributed by atoms with Gasteiger partial charge in [0.15, 0.2) is 0 Å². The largest absolute Gasteiger partial charge is 0.344 e. The molecule has 1 rings (SSSR count). The molecule has 70 valence electrons. The zero-order valence-electron chi connectivity index (χ0n) is 9.05. The Bertz CT molecular complexity index is 202. The first-order chi connectivity index (χ1) is 5.37. The fraction of sp³-hybridized carbons (Fsp3) is 0.900. The second-order valence-electron chi connectivity index (χ2n) is 4.57. The van der Waals surface area contributed by atoms with E-state index in [0.717, 1.165) is 0 Å². The summed E-state index contributed by atoms with van der Waals surface area (Å²) in [6.07, 6.45) is 0. The molecule has 0 aromatic rings. The van der Waals surface area contributed by atoms with Gasteiger partial charge in [-0.25, -0.2) is 0 Å². The average molecular weight is 168 g/mol. The maximum Gasteiger partial charge on any atom is 0.126 e. The molecular weight excluding hydrogens is 148 g/mol. The van der Waals surface area contributed by atoms with Crippen LogP contribution in [0, 0.1) is 0 Å². The molecule has 2 heteroatoms. The summed E-state index contributed by atoms with van der Waals surface area (Å²) in [4.78, 5) is 6.96. The van der Waals surface area contributed by atoms with Crippen LogP contribution in [0.5, 0.6) is 0 Å². The van der Waals surface area contributed by atoms with Crippen molar-refractivity contribution in [1.82, 2.24) is 4.90 Å². The van der Waals surface area contributed by atoms with Crippen LogP contribution in [0.3, 0.4) is 0 Å². The summed E-state index contributed by atoms with van der Waals surface area (Å²) in [5.41, 5.74) is 0.221. The lowest BCUT2D eigenvalue weighted by molar-refractivity contribution is 0.388. The van der Waals surface area contributed by atoms with Gasteiger partial charge in [0.1, 0.15) is 5.84 Å². The van der Waals surface area contributed by atoms with E-state index in [1.807, 2.05) is 0 Å². The highest BCUT2D eigenvalue weighted by Crippen LogP contribution is 2.37. The lowest BCUT2D eigenvalue weighted by Crippen LogP contribution is -2.16. The van der Waals surface area contributed by atoms with Gasteiger partial charge in [-0.15, -0.1) is 0 Å². The van der Waals surface area contributed by atoms with Gasteiger partial charge in [-0.2, -0.15) is 0 Å². The lowest BCUT2D eigenvalue weighted by atomic mass is 10.2. The minimum atomic E-state index is 0.221. The van der Waals surface area contributed by atoms with Crippen LogP contribution in [0.25, 0.3) is 0 Å². The minimum absolute atomic E-state index is 0.221. The Hall–Kier alpha value is -0.530. The summed E-state index contributed by atoms with van der Waals surface area (Å²) < 4.78 is 0. The zero-order valence-corrected chi connectivity index (χ0v) is 9.05. The minimum Gasteiger partial charge on any atom is -0.344 e. The molecule has 0 unspecified atom stereocenters. The third-order valence-corrected chi connectivity index (χ3v) is 2.22. The van der Waals surface area contributed by atoms with Crippen molar-refractivity contribution in [2.45, 2.75) is 59.2 Å². The molecule has 1 aliphatic rings. The number of hydrogen-bond acceptors (Lipinski definition) is 1. The molecule has 1 aliphatic heterocycles. The number of nitrogens with zero attached hydrogens (tertiary/aromatic N) is 2. The van der Waals surface area contributed by atoms with Crippen LogP contribution < -0.4 is 0 Å². The second-order valence-corrected chi connectivity index (χ2v) is 4.57. The zero-order chi connectivity index (χ0) is 9.52. The Morgan fingerprint density at radius 3 is 1.92 bits per heavy atom. The number of amidine groups is 1. The van der Waals surface area contributed by atoms with Crippen LogP contribution in [0.1, 0.15) is 41.5 Å². The van der Waals surface area contributed by atoms with Crippen molar-refractivity contribution in [2.24, 2.45) is 4.99 Å². The van der Waals surface area contributed by atoms with Crippen molar-refractivity contribution >= 4 is 5.84 Å². The second kappa shape index (κ2) is 2.75. The van der Waals surface area contributed by atoms with Crippen LogP contribution >= 0.6 is 0 Å². The monoisotopic (exact) mass is 168 g/mol. The quantitative estimate of drug-likeness (QED) is 0.577. The number of aliphatic imine (C=N–C) groups is 1. The Morgan fingerprint density at radius 1 is 1.17 bits per heavy atom. The third-order valence-electron chi connectivity index (χ3n) is 2.22. The number of rotatable bonds is 2. The lowest BCUT2D eigenvalue weighted by Gasteiger charge is -2.09. The first kappa shape index (κ1) is 9.56. The van der Waals surface area contributed by atoms with Gasteiger partial charge in [-0.05, 0) is 41.5 Å².